The van der Waals surface area contributed by atoms with Crippen LogP contribution < -0.4 is 0 Å². The molecule has 4 heterocycles. The number of fused-ring (bicyclic) bond motifs is 1. The number of carbonyl (C=O) groups excluding carboxylic acids is 2. The molecule has 3 aromatic rings. The Bertz CT molecular complexity index is 1220. The highest BCUT2D eigenvalue weighted by Gasteiger charge is 2.47. The molecular formula is C23H26N4O4. The van der Waals surface area contributed by atoms with Gasteiger partial charge >= 0.3 is 0 Å². The number of likely N-dealkylation sites (tertiary alicyclic amines) is 1. The zero-order valence-corrected chi connectivity index (χ0v) is 18.3. The number of imidazole rings is 1. The topological polar surface area (TPSA) is 91.3 Å². The van der Waals surface area contributed by atoms with E-state index >= 15 is 0 Å². The maximum atomic E-state index is 13.1. The number of ketones is 1. The number of amides is 1. The van der Waals surface area contributed by atoms with E-state index in [1.54, 1.807) is 36.6 Å². The molecule has 1 saturated heterocycles. The smallest absolute Gasteiger partial charge is 0.295 e. The number of pyridine rings is 1. The number of furan rings is 1. The SMILES string of the molecule is Cc1ccc([C@@H]2/C(=C(\O)c3c(C)nc4c(C)cccn34)C(=O)C(=O)N2CCN(C)C)o1. The van der Waals surface area contributed by atoms with Gasteiger partial charge in [0, 0.05) is 19.3 Å². The molecule has 1 fully saturated rings. The first kappa shape index (κ1) is 20.9. The summed E-state index contributed by atoms with van der Waals surface area (Å²) in [6.45, 7) is 6.39. The lowest BCUT2D eigenvalue weighted by atomic mass is 10.0. The van der Waals surface area contributed by atoms with Crippen molar-refractivity contribution < 1.29 is 19.1 Å². The number of aliphatic hydroxyl groups is 1. The number of hydrogen-bond acceptors (Lipinski definition) is 6. The summed E-state index contributed by atoms with van der Waals surface area (Å²) in [7, 11) is 3.79. The average molecular weight is 422 g/mol. The number of rotatable bonds is 5. The number of carbonyl (C=O) groups is 2. The highest BCUT2D eigenvalue weighted by Crippen LogP contribution is 2.40. The van der Waals surface area contributed by atoms with Gasteiger partial charge in [0.15, 0.2) is 5.76 Å². The molecule has 0 spiro atoms. The minimum Gasteiger partial charge on any atom is -0.505 e. The van der Waals surface area contributed by atoms with Crippen molar-refractivity contribution in [1.29, 1.82) is 0 Å². The molecule has 31 heavy (non-hydrogen) atoms. The summed E-state index contributed by atoms with van der Waals surface area (Å²) in [6, 6.07) is 6.50. The third kappa shape index (κ3) is 3.42. The van der Waals surface area contributed by atoms with Crippen LogP contribution in [0.4, 0.5) is 0 Å². The van der Waals surface area contributed by atoms with Crippen LogP contribution in [0, 0.1) is 20.8 Å². The normalized spacial score (nSPS) is 18.6. The number of likely N-dealkylation sites (N-methyl/N-ethyl adjacent to an activating group) is 1. The molecule has 1 aliphatic rings. The Morgan fingerprint density at radius 1 is 1.19 bits per heavy atom. The summed E-state index contributed by atoms with van der Waals surface area (Å²) in [5.74, 6) is -0.516. The van der Waals surface area contributed by atoms with Gasteiger partial charge in [0.1, 0.15) is 28.9 Å². The molecule has 8 heteroatoms. The minimum absolute atomic E-state index is 0.0181. The lowest BCUT2D eigenvalue weighted by Gasteiger charge is -2.24. The monoisotopic (exact) mass is 422 g/mol. The van der Waals surface area contributed by atoms with Gasteiger partial charge in [0.05, 0.1) is 11.3 Å². The second-order valence-electron chi connectivity index (χ2n) is 8.17. The van der Waals surface area contributed by atoms with E-state index in [1.165, 1.54) is 4.90 Å². The molecule has 1 N–H and O–H groups in total. The van der Waals surface area contributed by atoms with E-state index in [1.807, 2.05) is 38.1 Å². The van der Waals surface area contributed by atoms with Crippen LogP contribution in [-0.4, -0.2) is 63.2 Å². The largest absolute Gasteiger partial charge is 0.505 e. The van der Waals surface area contributed by atoms with Crippen molar-refractivity contribution in [2.75, 3.05) is 27.2 Å². The fraction of sp³-hybridized carbons (Fsp3) is 0.348. The zero-order chi connectivity index (χ0) is 22.4. The highest BCUT2D eigenvalue weighted by molar-refractivity contribution is 6.46. The number of aryl methyl sites for hydroxylation is 3. The van der Waals surface area contributed by atoms with Crippen LogP contribution in [0.5, 0.6) is 0 Å². The number of hydrogen-bond donors (Lipinski definition) is 1. The van der Waals surface area contributed by atoms with Gasteiger partial charge in [0.2, 0.25) is 0 Å². The average Bonchev–Trinajstić information content (AvgIpc) is 3.35. The van der Waals surface area contributed by atoms with Crippen LogP contribution >= 0.6 is 0 Å². The van der Waals surface area contributed by atoms with E-state index in [0.717, 1.165) is 5.56 Å². The summed E-state index contributed by atoms with van der Waals surface area (Å²) in [5.41, 5.74) is 2.62. The predicted molar refractivity (Wildman–Crippen MR) is 116 cm³/mol. The van der Waals surface area contributed by atoms with Gasteiger partial charge in [-0.3, -0.25) is 14.0 Å². The first-order valence-corrected chi connectivity index (χ1v) is 10.1. The van der Waals surface area contributed by atoms with Gasteiger partial charge < -0.3 is 19.3 Å². The molecular weight excluding hydrogens is 396 g/mol. The Labute approximate surface area is 180 Å². The molecule has 1 atom stereocenters. The molecule has 1 amide bonds. The van der Waals surface area contributed by atoms with Gasteiger partial charge in [-0.15, -0.1) is 0 Å². The quantitative estimate of drug-likeness (QED) is 0.386. The van der Waals surface area contributed by atoms with Crippen molar-refractivity contribution in [2.24, 2.45) is 0 Å². The van der Waals surface area contributed by atoms with Crippen LogP contribution in [0.2, 0.25) is 0 Å². The predicted octanol–water partition coefficient (Wildman–Crippen LogP) is 2.84. The summed E-state index contributed by atoms with van der Waals surface area (Å²) < 4.78 is 7.56. The number of aromatic nitrogens is 2. The third-order valence-electron chi connectivity index (χ3n) is 5.60. The first-order valence-electron chi connectivity index (χ1n) is 10.1. The van der Waals surface area contributed by atoms with E-state index < -0.39 is 17.7 Å². The molecule has 0 aliphatic carbocycles. The molecule has 8 nitrogen and oxygen atoms in total. The molecule has 0 saturated carbocycles. The van der Waals surface area contributed by atoms with E-state index in [-0.39, 0.29) is 11.3 Å². The van der Waals surface area contributed by atoms with Crippen LogP contribution in [0.15, 0.2) is 40.5 Å². The lowest BCUT2D eigenvalue weighted by molar-refractivity contribution is -0.140. The fourth-order valence-corrected chi connectivity index (χ4v) is 4.04. The molecule has 0 aromatic carbocycles. The Morgan fingerprint density at radius 2 is 1.94 bits per heavy atom. The number of nitrogens with zero attached hydrogens (tertiary/aromatic N) is 4. The molecule has 3 aromatic heterocycles. The van der Waals surface area contributed by atoms with Gasteiger partial charge in [0.25, 0.3) is 11.7 Å². The van der Waals surface area contributed by atoms with Gasteiger partial charge in [-0.2, -0.15) is 0 Å². The Balaban J connectivity index is 1.93. The van der Waals surface area contributed by atoms with Gasteiger partial charge in [-0.25, -0.2) is 4.98 Å². The second kappa shape index (κ2) is 7.70. The van der Waals surface area contributed by atoms with Gasteiger partial charge in [-0.05, 0) is 58.6 Å². The molecule has 162 valence electrons. The molecule has 0 unspecified atom stereocenters. The van der Waals surface area contributed by atoms with E-state index in [0.29, 0.717) is 41.6 Å². The Kier molecular flexibility index (Phi) is 5.18. The second-order valence-corrected chi connectivity index (χ2v) is 8.17. The summed E-state index contributed by atoms with van der Waals surface area (Å²) >= 11 is 0. The van der Waals surface area contributed by atoms with E-state index in [2.05, 4.69) is 4.98 Å². The fourth-order valence-electron chi connectivity index (χ4n) is 4.04. The number of aliphatic hydroxyl groups excluding tert-OH is 1. The zero-order valence-electron chi connectivity index (χ0n) is 18.3. The van der Waals surface area contributed by atoms with Crippen molar-refractivity contribution in [2.45, 2.75) is 26.8 Å². The first-order chi connectivity index (χ1) is 14.7. The van der Waals surface area contributed by atoms with Crippen LogP contribution in [0.1, 0.15) is 34.5 Å². The van der Waals surface area contributed by atoms with Crippen molar-refractivity contribution in [1.82, 2.24) is 19.2 Å². The van der Waals surface area contributed by atoms with Crippen molar-refractivity contribution in [3.63, 3.8) is 0 Å². The Morgan fingerprint density at radius 3 is 2.58 bits per heavy atom. The molecule has 0 bridgehead atoms. The van der Waals surface area contributed by atoms with E-state index in [4.69, 9.17) is 4.42 Å². The maximum absolute atomic E-state index is 13.1. The summed E-state index contributed by atoms with van der Waals surface area (Å²) in [5, 5.41) is 11.4. The standard InChI is InChI=1S/C23H26N4O4/c1-13-7-6-10-26-18(15(3)24-22(13)26)20(28)17-19(16-9-8-14(2)31-16)27(12-11-25(4)5)23(30)21(17)29/h6-10,19,28H,11-12H2,1-5H3/b20-17+/t19-/m1/s1. The Hall–Kier alpha value is -3.39. The van der Waals surface area contributed by atoms with Crippen LogP contribution in [0.25, 0.3) is 11.4 Å². The lowest BCUT2D eigenvalue weighted by Crippen LogP contribution is -2.35. The summed E-state index contributed by atoms with van der Waals surface area (Å²) in [4.78, 5) is 34.0. The van der Waals surface area contributed by atoms with E-state index in [9.17, 15) is 14.7 Å². The molecule has 0 radical (unpaired) electrons. The van der Waals surface area contributed by atoms with Crippen LogP contribution in [-0.2, 0) is 9.59 Å². The maximum Gasteiger partial charge on any atom is 0.295 e. The van der Waals surface area contributed by atoms with Crippen molar-refractivity contribution in [3.8, 4) is 0 Å². The third-order valence-corrected chi connectivity index (χ3v) is 5.60. The minimum atomic E-state index is -0.802. The van der Waals surface area contributed by atoms with Crippen molar-refractivity contribution in [3.05, 3.63) is 64.5 Å². The highest BCUT2D eigenvalue weighted by atomic mass is 16.3. The number of Topliss-reactive ketones (excluding diaryl/α,β-unsaturated/α-hetero) is 1. The molecule has 4 rings (SSSR count). The summed E-state index contributed by atoms with van der Waals surface area (Å²) in [6.07, 6.45) is 1.78. The van der Waals surface area contributed by atoms with Crippen LogP contribution in [0.3, 0.4) is 0 Å². The van der Waals surface area contributed by atoms with Crippen molar-refractivity contribution >= 4 is 23.1 Å². The van der Waals surface area contributed by atoms with Gasteiger partial charge in [-0.1, -0.05) is 6.07 Å². The molecule has 1 aliphatic heterocycles.